The Labute approximate surface area is 138 Å². The van der Waals surface area contributed by atoms with Crippen LogP contribution < -0.4 is 5.32 Å². The van der Waals surface area contributed by atoms with E-state index in [1.165, 1.54) is 18.4 Å². The fourth-order valence-electron chi connectivity index (χ4n) is 3.34. The summed E-state index contributed by atoms with van der Waals surface area (Å²) in [5, 5.41) is 13.0. The molecule has 0 aromatic heterocycles. The number of nitrogens with zero attached hydrogens (tertiary/aromatic N) is 2. The van der Waals surface area contributed by atoms with Crippen LogP contribution in [0.1, 0.15) is 24.8 Å². The number of carbonyl (C=O) groups excluding carboxylic acids is 1. The van der Waals surface area contributed by atoms with Crippen LogP contribution in [0.5, 0.6) is 0 Å². The van der Waals surface area contributed by atoms with Crippen LogP contribution in [0.4, 0.5) is 0 Å². The highest BCUT2D eigenvalue weighted by atomic mass is 16.3. The van der Waals surface area contributed by atoms with Gasteiger partial charge >= 0.3 is 0 Å². The number of aliphatic hydroxyl groups excluding tert-OH is 1. The van der Waals surface area contributed by atoms with E-state index in [4.69, 9.17) is 0 Å². The summed E-state index contributed by atoms with van der Waals surface area (Å²) in [6.07, 6.45) is 2.85. The molecule has 1 aliphatic carbocycles. The molecule has 1 heterocycles. The van der Waals surface area contributed by atoms with Crippen LogP contribution in [0, 0.1) is 0 Å². The topological polar surface area (TPSA) is 55.8 Å². The molecular formula is C18H27N3O2. The van der Waals surface area contributed by atoms with E-state index in [1.807, 2.05) is 25.2 Å². The van der Waals surface area contributed by atoms with Crippen molar-refractivity contribution in [1.82, 2.24) is 15.1 Å². The number of carbonyl (C=O) groups is 1. The van der Waals surface area contributed by atoms with Gasteiger partial charge < -0.3 is 10.4 Å². The summed E-state index contributed by atoms with van der Waals surface area (Å²) >= 11 is 0. The number of likely N-dealkylation sites (tertiary alicyclic amines) is 1. The third-order valence-electron chi connectivity index (χ3n) is 4.83. The van der Waals surface area contributed by atoms with Crippen molar-refractivity contribution in [3.8, 4) is 0 Å². The maximum absolute atomic E-state index is 12.1. The molecule has 1 saturated heterocycles. The maximum Gasteiger partial charge on any atom is 0.234 e. The van der Waals surface area contributed by atoms with Gasteiger partial charge in [0.15, 0.2) is 0 Å². The minimum Gasteiger partial charge on any atom is -0.392 e. The van der Waals surface area contributed by atoms with Crippen molar-refractivity contribution >= 4 is 5.91 Å². The normalized spacial score (nSPS) is 25.0. The van der Waals surface area contributed by atoms with Crippen LogP contribution in [0.2, 0.25) is 0 Å². The first kappa shape index (κ1) is 16.4. The zero-order chi connectivity index (χ0) is 16.2. The summed E-state index contributed by atoms with van der Waals surface area (Å²) in [7, 11) is 2.01. The summed E-state index contributed by atoms with van der Waals surface area (Å²) in [5.74, 6) is 0.0838. The second-order valence-corrected chi connectivity index (χ2v) is 6.91. The number of rotatable bonds is 7. The molecule has 0 radical (unpaired) electrons. The lowest BCUT2D eigenvalue weighted by Crippen LogP contribution is -2.43. The molecule has 1 aromatic carbocycles. The molecule has 2 fully saturated rings. The lowest BCUT2D eigenvalue weighted by molar-refractivity contribution is -0.122. The number of hydrogen-bond donors (Lipinski definition) is 2. The van der Waals surface area contributed by atoms with Crippen LogP contribution in [0.15, 0.2) is 30.3 Å². The van der Waals surface area contributed by atoms with Gasteiger partial charge in [-0.2, -0.15) is 0 Å². The number of benzene rings is 1. The van der Waals surface area contributed by atoms with Gasteiger partial charge in [0.25, 0.3) is 0 Å². The predicted octanol–water partition coefficient (Wildman–Crippen LogP) is 0.832. The highest BCUT2D eigenvalue weighted by Gasteiger charge is 2.31. The Morgan fingerprint density at radius 1 is 1.35 bits per heavy atom. The van der Waals surface area contributed by atoms with Gasteiger partial charge in [-0.25, -0.2) is 0 Å². The fraction of sp³-hybridized carbons (Fsp3) is 0.611. The molecule has 1 aliphatic heterocycles. The molecular weight excluding hydrogens is 290 g/mol. The summed E-state index contributed by atoms with van der Waals surface area (Å²) in [5.41, 5.74) is 1.24. The average Bonchev–Trinajstić information content (AvgIpc) is 3.32. The van der Waals surface area contributed by atoms with E-state index in [9.17, 15) is 9.90 Å². The molecule has 5 heteroatoms. The number of aliphatic hydroxyl groups is 1. The lowest BCUT2D eigenvalue weighted by Gasteiger charge is -2.25. The standard InChI is InChI=1S/C18H27N3O2/c1-20(15-7-8-15)13-18(23)19-10-16-9-17(22)12-21(16)11-14-5-3-2-4-6-14/h2-6,15-17,22H,7-13H2,1H3,(H,19,23). The number of β-amino-alcohol motifs (C(OH)–C–C–N with tert-alkyl or cyclic N) is 1. The molecule has 0 spiro atoms. The van der Waals surface area contributed by atoms with Crippen molar-refractivity contribution in [3.63, 3.8) is 0 Å². The zero-order valence-corrected chi connectivity index (χ0v) is 13.8. The Kier molecular flexibility index (Phi) is 5.30. The molecule has 0 bridgehead atoms. The van der Waals surface area contributed by atoms with Gasteiger partial charge in [-0.15, -0.1) is 0 Å². The van der Waals surface area contributed by atoms with Crippen molar-refractivity contribution in [1.29, 1.82) is 0 Å². The summed E-state index contributed by atoms with van der Waals surface area (Å²) < 4.78 is 0. The molecule has 1 aromatic rings. The van der Waals surface area contributed by atoms with Gasteiger partial charge in [-0.1, -0.05) is 30.3 Å². The van der Waals surface area contributed by atoms with Gasteiger partial charge in [0, 0.05) is 31.7 Å². The lowest BCUT2D eigenvalue weighted by atomic mass is 10.1. The fourth-order valence-corrected chi connectivity index (χ4v) is 3.34. The largest absolute Gasteiger partial charge is 0.392 e. The van der Waals surface area contributed by atoms with Gasteiger partial charge in [-0.3, -0.25) is 14.6 Å². The van der Waals surface area contributed by atoms with E-state index in [-0.39, 0.29) is 18.1 Å². The number of amides is 1. The van der Waals surface area contributed by atoms with E-state index in [0.29, 0.717) is 25.7 Å². The third-order valence-corrected chi connectivity index (χ3v) is 4.83. The van der Waals surface area contributed by atoms with Crippen LogP contribution in [-0.2, 0) is 11.3 Å². The van der Waals surface area contributed by atoms with Gasteiger partial charge in [0.05, 0.1) is 12.6 Å². The summed E-state index contributed by atoms with van der Waals surface area (Å²) in [4.78, 5) is 16.4. The highest BCUT2D eigenvalue weighted by molar-refractivity contribution is 5.78. The number of likely N-dealkylation sites (N-methyl/N-ethyl adjacent to an activating group) is 1. The first-order chi connectivity index (χ1) is 11.1. The molecule has 23 heavy (non-hydrogen) atoms. The Balaban J connectivity index is 1.47. The Morgan fingerprint density at radius 3 is 2.78 bits per heavy atom. The summed E-state index contributed by atoms with van der Waals surface area (Å²) in [6, 6.07) is 11.1. The van der Waals surface area contributed by atoms with Crippen molar-refractivity contribution in [2.45, 2.75) is 44.0 Å². The SMILES string of the molecule is CN(CC(=O)NCC1CC(O)CN1Cc1ccccc1)C1CC1. The van der Waals surface area contributed by atoms with Crippen molar-refractivity contribution in [2.75, 3.05) is 26.7 Å². The summed E-state index contributed by atoms with van der Waals surface area (Å²) in [6.45, 7) is 2.58. The molecule has 1 saturated carbocycles. The van der Waals surface area contributed by atoms with E-state index >= 15 is 0 Å². The smallest absolute Gasteiger partial charge is 0.234 e. The molecule has 2 atom stereocenters. The van der Waals surface area contributed by atoms with Crippen LogP contribution >= 0.6 is 0 Å². The monoisotopic (exact) mass is 317 g/mol. The third kappa shape index (κ3) is 4.77. The second kappa shape index (κ2) is 7.43. The van der Waals surface area contributed by atoms with Crippen LogP contribution in [0.3, 0.4) is 0 Å². The molecule has 2 N–H and O–H groups in total. The van der Waals surface area contributed by atoms with Gasteiger partial charge in [0.2, 0.25) is 5.91 Å². The van der Waals surface area contributed by atoms with Crippen molar-refractivity contribution in [2.24, 2.45) is 0 Å². The first-order valence-electron chi connectivity index (χ1n) is 8.55. The second-order valence-electron chi connectivity index (χ2n) is 6.91. The Morgan fingerprint density at radius 2 is 2.09 bits per heavy atom. The highest BCUT2D eigenvalue weighted by Crippen LogP contribution is 2.24. The zero-order valence-electron chi connectivity index (χ0n) is 13.8. The number of nitrogens with one attached hydrogen (secondary N) is 1. The molecule has 5 nitrogen and oxygen atoms in total. The van der Waals surface area contributed by atoms with Crippen LogP contribution in [-0.4, -0.2) is 65.7 Å². The number of hydrogen-bond acceptors (Lipinski definition) is 4. The molecule has 2 unspecified atom stereocenters. The molecule has 126 valence electrons. The van der Waals surface area contributed by atoms with Gasteiger partial charge in [0.1, 0.15) is 0 Å². The maximum atomic E-state index is 12.1. The minimum atomic E-state index is -0.297. The van der Waals surface area contributed by atoms with E-state index < -0.39 is 0 Å². The van der Waals surface area contributed by atoms with E-state index in [1.54, 1.807) is 0 Å². The predicted molar refractivity (Wildman–Crippen MR) is 89.9 cm³/mol. The molecule has 1 amide bonds. The van der Waals surface area contributed by atoms with Gasteiger partial charge in [-0.05, 0) is 31.9 Å². The first-order valence-corrected chi connectivity index (χ1v) is 8.55. The average molecular weight is 317 g/mol. The molecule has 3 rings (SSSR count). The Hall–Kier alpha value is -1.43. The molecule has 2 aliphatic rings. The van der Waals surface area contributed by atoms with Crippen molar-refractivity contribution < 1.29 is 9.90 Å². The van der Waals surface area contributed by atoms with Crippen LogP contribution in [0.25, 0.3) is 0 Å². The quantitative estimate of drug-likeness (QED) is 0.782. The van der Waals surface area contributed by atoms with Crippen molar-refractivity contribution in [3.05, 3.63) is 35.9 Å². The van der Waals surface area contributed by atoms with E-state index in [0.717, 1.165) is 13.0 Å². The Bertz CT molecular complexity index is 518. The minimum absolute atomic E-state index is 0.0838. The van der Waals surface area contributed by atoms with E-state index in [2.05, 4.69) is 27.2 Å².